The Morgan fingerprint density at radius 1 is 1.43 bits per heavy atom. The summed E-state index contributed by atoms with van der Waals surface area (Å²) in [6, 6.07) is 3.76. The first-order valence-electron chi connectivity index (χ1n) is 4.78. The first-order chi connectivity index (χ1) is 6.92. The molecule has 0 aliphatic carbocycles. The zero-order valence-electron chi connectivity index (χ0n) is 8.14. The highest BCUT2D eigenvalue weighted by Crippen LogP contribution is 1.99. The first-order valence-corrected chi connectivity index (χ1v) is 4.78. The minimum absolute atomic E-state index is 0.805. The van der Waals surface area contributed by atoms with Crippen molar-refractivity contribution in [3.8, 4) is 0 Å². The van der Waals surface area contributed by atoms with Crippen LogP contribution in [0, 0.1) is 0 Å². The van der Waals surface area contributed by atoms with E-state index in [2.05, 4.69) is 27.5 Å². The van der Waals surface area contributed by atoms with E-state index in [1.807, 2.05) is 12.1 Å². The maximum Gasteiger partial charge on any atom is 0.177 e. The van der Waals surface area contributed by atoms with E-state index in [0.717, 1.165) is 31.0 Å². The van der Waals surface area contributed by atoms with E-state index in [4.69, 9.17) is 0 Å². The number of hydrogen-bond donors (Lipinski definition) is 1. The molecular formula is C9H13N5. The van der Waals surface area contributed by atoms with Crippen LogP contribution in [0.3, 0.4) is 0 Å². The molecule has 0 amide bonds. The molecule has 2 aromatic heterocycles. The third kappa shape index (κ3) is 1.72. The van der Waals surface area contributed by atoms with Crippen molar-refractivity contribution in [3.63, 3.8) is 0 Å². The lowest BCUT2D eigenvalue weighted by molar-refractivity contribution is 0.680. The molecular weight excluding hydrogens is 178 g/mol. The van der Waals surface area contributed by atoms with E-state index in [-0.39, 0.29) is 0 Å². The summed E-state index contributed by atoms with van der Waals surface area (Å²) in [5.74, 6) is 0.904. The number of aromatic nitrogens is 4. The smallest absolute Gasteiger partial charge is 0.177 e. The van der Waals surface area contributed by atoms with Gasteiger partial charge in [0.25, 0.3) is 0 Å². The molecule has 1 N–H and O–H groups in total. The molecule has 0 fully saturated rings. The SMILES string of the molecule is CCNCCc1nnc2cccnn12. The van der Waals surface area contributed by atoms with Crippen LogP contribution in [0.25, 0.3) is 5.65 Å². The van der Waals surface area contributed by atoms with Gasteiger partial charge in [-0.05, 0) is 18.7 Å². The number of fused-ring (bicyclic) bond motifs is 1. The quantitative estimate of drug-likeness (QED) is 0.705. The number of rotatable bonds is 4. The Bertz CT molecular complexity index is 408. The molecule has 0 bridgehead atoms. The predicted molar refractivity (Wildman–Crippen MR) is 53.0 cm³/mol. The van der Waals surface area contributed by atoms with Gasteiger partial charge in [0.1, 0.15) is 0 Å². The molecule has 0 aromatic carbocycles. The van der Waals surface area contributed by atoms with E-state index in [1.165, 1.54) is 0 Å². The summed E-state index contributed by atoms with van der Waals surface area (Å²) >= 11 is 0. The van der Waals surface area contributed by atoms with Gasteiger partial charge in [-0.3, -0.25) is 0 Å². The lowest BCUT2D eigenvalue weighted by Crippen LogP contribution is -2.17. The Kier molecular flexibility index (Phi) is 2.69. The highest BCUT2D eigenvalue weighted by molar-refractivity contribution is 5.34. The van der Waals surface area contributed by atoms with Crippen molar-refractivity contribution < 1.29 is 0 Å². The zero-order chi connectivity index (χ0) is 9.80. The summed E-state index contributed by atoms with van der Waals surface area (Å²) in [5.41, 5.74) is 0.805. The lowest BCUT2D eigenvalue weighted by Gasteiger charge is -1.98. The van der Waals surface area contributed by atoms with Crippen molar-refractivity contribution in [2.45, 2.75) is 13.3 Å². The fraction of sp³-hybridized carbons (Fsp3) is 0.444. The van der Waals surface area contributed by atoms with E-state index in [1.54, 1.807) is 10.7 Å². The van der Waals surface area contributed by atoms with Gasteiger partial charge in [0.15, 0.2) is 11.5 Å². The maximum atomic E-state index is 4.18. The summed E-state index contributed by atoms with van der Waals surface area (Å²) in [5, 5.41) is 15.5. The van der Waals surface area contributed by atoms with Gasteiger partial charge in [-0.15, -0.1) is 10.2 Å². The van der Waals surface area contributed by atoms with Crippen molar-refractivity contribution in [2.75, 3.05) is 13.1 Å². The van der Waals surface area contributed by atoms with Crippen molar-refractivity contribution in [1.82, 2.24) is 25.1 Å². The lowest BCUT2D eigenvalue weighted by atomic mass is 10.4. The van der Waals surface area contributed by atoms with Crippen molar-refractivity contribution in [3.05, 3.63) is 24.2 Å². The standard InChI is InChI=1S/C9H13N5/c1-2-10-7-5-9-13-12-8-4-3-6-11-14(8)9/h3-4,6,10H,2,5,7H2,1H3. The molecule has 2 rings (SSSR count). The van der Waals surface area contributed by atoms with Gasteiger partial charge in [-0.25, -0.2) is 0 Å². The van der Waals surface area contributed by atoms with Crippen molar-refractivity contribution in [2.24, 2.45) is 0 Å². The molecule has 74 valence electrons. The van der Waals surface area contributed by atoms with Gasteiger partial charge >= 0.3 is 0 Å². The van der Waals surface area contributed by atoms with Gasteiger partial charge in [0.2, 0.25) is 0 Å². The maximum absolute atomic E-state index is 4.18. The number of hydrogen-bond acceptors (Lipinski definition) is 4. The van der Waals surface area contributed by atoms with Crippen molar-refractivity contribution >= 4 is 5.65 Å². The normalized spacial score (nSPS) is 10.9. The van der Waals surface area contributed by atoms with Crippen LogP contribution in [-0.4, -0.2) is 32.9 Å². The third-order valence-electron chi connectivity index (χ3n) is 2.02. The van der Waals surface area contributed by atoms with Crippen LogP contribution >= 0.6 is 0 Å². The monoisotopic (exact) mass is 191 g/mol. The molecule has 5 nitrogen and oxygen atoms in total. The molecule has 0 saturated heterocycles. The van der Waals surface area contributed by atoms with Crippen LogP contribution < -0.4 is 5.32 Å². The predicted octanol–water partition coefficient (Wildman–Crippen LogP) is 0.276. The van der Waals surface area contributed by atoms with Crippen LogP contribution in [0.1, 0.15) is 12.7 Å². The molecule has 5 heteroatoms. The molecule has 0 radical (unpaired) electrons. The Morgan fingerprint density at radius 3 is 3.21 bits per heavy atom. The number of nitrogens with zero attached hydrogens (tertiary/aromatic N) is 4. The Hall–Kier alpha value is -1.49. The fourth-order valence-corrected chi connectivity index (χ4v) is 1.32. The van der Waals surface area contributed by atoms with Crippen LogP contribution in [0.2, 0.25) is 0 Å². The summed E-state index contributed by atoms with van der Waals surface area (Å²) in [6.07, 6.45) is 2.60. The number of nitrogens with one attached hydrogen (secondary N) is 1. The van der Waals surface area contributed by atoms with E-state index in [0.29, 0.717) is 0 Å². The molecule has 0 unspecified atom stereocenters. The van der Waals surface area contributed by atoms with Gasteiger partial charge in [-0.2, -0.15) is 9.61 Å². The highest BCUT2D eigenvalue weighted by atomic mass is 15.4. The second kappa shape index (κ2) is 4.15. The topological polar surface area (TPSA) is 55.1 Å². The summed E-state index contributed by atoms with van der Waals surface area (Å²) in [4.78, 5) is 0. The van der Waals surface area contributed by atoms with Crippen LogP contribution in [0.5, 0.6) is 0 Å². The van der Waals surface area contributed by atoms with E-state index >= 15 is 0 Å². The second-order valence-corrected chi connectivity index (χ2v) is 3.01. The summed E-state index contributed by atoms with van der Waals surface area (Å²) in [6.45, 7) is 3.97. The minimum atomic E-state index is 0.805. The Balaban J connectivity index is 2.17. The molecule has 0 aliphatic rings. The first kappa shape index (κ1) is 9.08. The van der Waals surface area contributed by atoms with Gasteiger partial charge in [-0.1, -0.05) is 6.92 Å². The summed E-state index contributed by atoms with van der Waals surface area (Å²) in [7, 11) is 0. The molecule has 0 spiro atoms. The molecule has 0 saturated carbocycles. The van der Waals surface area contributed by atoms with Crippen LogP contribution in [-0.2, 0) is 6.42 Å². The molecule has 0 atom stereocenters. The van der Waals surface area contributed by atoms with Gasteiger partial charge in [0.05, 0.1) is 0 Å². The Morgan fingerprint density at radius 2 is 2.36 bits per heavy atom. The average molecular weight is 191 g/mol. The molecule has 2 aromatic rings. The van der Waals surface area contributed by atoms with Gasteiger partial charge < -0.3 is 5.32 Å². The summed E-state index contributed by atoms with van der Waals surface area (Å²) < 4.78 is 1.78. The Labute approximate surface area is 82.2 Å². The van der Waals surface area contributed by atoms with Gasteiger partial charge in [0, 0.05) is 19.2 Å². The van der Waals surface area contributed by atoms with Crippen molar-refractivity contribution in [1.29, 1.82) is 0 Å². The van der Waals surface area contributed by atoms with Crippen LogP contribution in [0.15, 0.2) is 18.3 Å². The largest absolute Gasteiger partial charge is 0.317 e. The van der Waals surface area contributed by atoms with E-state index < -0.39 is 0 Å². The average Bonchev–Trinajstić information content (AvgIpc) is 2.63. The fourth-order valence-electron chi connectivity index (χ4n) is 1.32. The van der Waals surface area contributed by atoms with E-state index in [9.17, 15) is 0 Å². The number of likely N-dealkylation sites (N-methyl/N-ethyl adjacent to an activating group) is 1. The highest BCUT2D eigenvalue weighted by Gasteiger charge is 2.03. The molecule has 14 heavy (non-hydrogen) atoms. The second-order valence-electron chi connectivity index (χ2n) is 3.01. The minimum Gasteiger partial charge on any atom is -0.317 e. The van der Waals surface area contributed by atoms with Crippen LogP contribution in [0.4, 0.5) is 0 Å². The molecule has 0 aliphatic heterocycles. The molecule has 2 heterocycles. The third-order valence-corrected chi connectivity index (χ3v) is 2.02. The zero-order valence-corrected chi connectivity index (χ0v) is 8.14.